The maximum absolute atomic E-state index is 13.9. The van der Waals surface area contributed by atoms with Crippen LogP contribution in [0.3, 0.4) is 0 Å². The summed E-state index contributed by atoms with van der Waals surface area (Å²) in [5, 5.41) is 3.11. The van der Waals surface area contributed by atoms with Gasteiger partial charge in [-0.25, -0.2) is 13.2 Å². The SMILES string of the molecule is CCNC(CCc1cccnc1)c1ccc(F)c(F)c1F. The third kappa shape index (κ3) is 3.82. The standard InChI is InChI=1S/C16H17F3N2/c1-2-21-14(8-5-11-4-3-9-20-10-11)12-6-7-13(17)16(19)15(12)18/h3-4,6-7,9-10,14,21H,2,5,8H2,1H3. The van der Waals surface area contributed by atoms with Crippen LogP contribution in [0.2, 0.25) is 0 Å². The molecule has 2 rings (SSSR count). The van der Waals surface area contributed by atoms with Gasteiger partial charge in [0, 0.05) is 24.0 Å². The van der Waals surface area contributed by atoms with Gasteiger partial charge < -0.3 is 5.32 Å². The Balaban J connectivity index is 2.17. The fraction of sp³-hybridized carbons (Fsp3) is 0.312. The molecule has 2 nitrogen and oxygen atoms in total. The first-order valence-electron chi connectivity index (χ1n) is 6.89. The summed E-state index contributed by atoms with van der Waals surface area (Å²) in [7, 11) is 0. The Bertz CT molecular complexity index is 588. The normalized spacial score (nSPS) is 12.4. The van der Waals surface area contributed by atoms with Crippen molar-refractivity contribution in [1.82, 2.24) is 10.3 Å². The molecule has 1 unspecified atom stereocenters. The molecule has 112 valence electrons. The Morgan fingerprint density at radius 1 is 1.14 bits per heavy atom. The number of aromatic nitrogens is 1. The number of nitrogens with one attached hydrogen (secondary N) is 1. The van der Waals surface area contributed by atoms with Crippen molar-refractivity contribution in [3.63, 3.8) is 0 Å². The lowest BCUT2D eigenvalue weighted by Gasteiger charge is -2.19. The van der Waals surface area contributed by atoms with Crippen LogP contribution in [0.5, 0.6) is 0 Å². The molecule has 0 amide bonds. The molecule has 1 atom stereocenters. The molecule has 1 heterocycles. The minimum absolute atomic E-state index is 0.152. The second-order valence-corrected chi connectivity index (χ2v) is 4.77. The van der Waals surface area contributed by atoms with Gasteiger partial charge in [-0.2, -0.15) is 0 Å². The van der Waals surface area contributed by atoms with Gasteiger partial charge >= 0.3 is 0 Å². The first kappa shape index (κ1) is 15.5. The zero-order valence-electron chi connectivity index (χ0n) is 11.7. The van der Waals surface area contributed by atoms with E-state index in [0.717, 1.165) is 11.6 Å². The van der Waals surface area contributed by atoms with E-state index in [0.29, 0.717) is 19.4 Å². The Kier molecular flexibility index (Phi) is 5.33. The maximum Gasteiger partial charge on any atom is 0.194 e. The monoisotopic (exact) mass is 294 g/mol. The van der Waals surface area contributed by atoms with E-state index in [2.05, 4.69) is 10.3 Å². The van der Waals surface area contributed by atoms with E-state index < -0.39 is 17.5 Å². The lowest BCUT2D eigenvalue weighted by Crippen LogP contribution is -2.23. The van der Waals surface area contributed by atoms with Crippen LogP contribution in [0.15, 0.2) is 36.7 Å². The van der Waals surface area contributed by atoms with Gasteiger partial charge in [0.25, 0.3) is 0 Å². The molecule has 0 radical (unpaired) electrons. The summed E-state index contributed by atoms with van der Waals surface area (Å²) in [6.07, 6.45) is 4.66. The van der Waals surface area contributed by atoms with Gasteiger partial charge in [-0.1, -0.05) is 19.1 Å². The van der Waals surface area contributed by atoms with Gasteiger partial charge in [0.15, 0.2) is 17.5 Å². The van der Waals surface area contributed by atoms with Crippen LogP contribution in [0.1, 0.15) is 30.5 Å². The number of aryl methyl sites for hydroxylation is 1. The molecule has 5 heteroatoms. The predicted molar refractivity (Wildman–Crippen MR) is 75.3 cm³/mol. The van der Waals surface area contributed by atoms with Crippen LogP contribution < -0.4 is 5.32 Å². The Morgan fingerprint density at radius 3 is 2.62 bits per heavy atom. The lowest BCUT2D eigenvalue weighted by molar-refractivity contribution is 0.419. The molecule has 0 aliphatic rings. The minimum atomic E-state index is -1.42. The molecule has 0 bridgehead atoms. The number of benzene rings is 1. The molecule has 1 N–H and O–H groups in total. The molecule has 0 fully saturated rings. The summed E-state index contributed by atoms with van der Waals surface area (Å²) in [5.41, 5.74) is 1.17. The second kappa shape index (κ2) is 7.22. The third-order valence-electron chi connectivity index (χ3n) is 3.34. The van der Waals surface area contributed by atoms with Crippen LogP contribution in [-0.4, -0.2) is 11.5 Å². The van der Waals surface area contributed by atoms with Gasteiger partial charge in [0.2, 0.25) is 0 Å². The van der Waals surface area contributed by atoms with Crippen molar-refractivity contribution < 1.29 is 13.2 Å². The summed E-state index contributed by atoms with van der Waals surface area (Å²) in [4.78, 5) is 4.02. The van der Waals surface area contributed by atoms with Crippen LogP contribution in [0, 0.1) is 17.5 Å². The van der Waals surface area contributed by atoms with Crippen molar-refractivity contribution >= 4 is 0 Å². The number of halogens is 3. The van der Waals surface area contributed by atoms with Crippen molar-refractivity contribution in [2.75, 3.05) is 6.54 Å². The van der Waals surface area contributed by atoms with Gasteiger partial charge in [0.1, 0.15) is 0 Å². The van der Waals surface area contributed by atoms with Crippen LogP contribution in [0.4, 0.5) is 13.2 Å². The number of pyridine rings is 1. The quantitative estimate of drug-likeness (QED) is 0.820. The summed E-state index contributed by atoms with van der Waals surface area (Å²) in [5.74, 6) is -3.71. The summed E-state index contributed by atoms with van der Waals surface area (Å²) < 4.78 is 40.3. The Morgan fingerprint density at radius 2 is 1.95 bits per heavy atom. The second-order valence-electron chi connectivity index (χ2n) is 4.77. The average molecular weight is 294 g/mol. The highest BCUT2D eigenvalue weighted by Crippen LogP contribution is 2.25. The van der Waals surface area contributed by atoms with Crippen LogP contribution in [-0.2, 0) is 6.42 Å². The van der Waals surface area contributed by atoms with E-state index in [1.807, 2.05) is 19.1 Å². The Labute approximate surface area is 122 Å². The fourth-order valence-electron chi connectivity index (χ4n) is 2.28. The predicted octanol–water partition coefficient (Wildman–Crippen LogP) is 3.78. The van der Waals surface area contributed by atoms with Crippen molar-refractivity contribution in [1.29, 1.82) is 0 Å². The number of nitrogens with zero attached hydrogens (tertiary/aromatic N) is 1. The lowest BCUT2D eigenvalue weighted by atomic mass is 9.98. The largest absolute Gasteiger partial charge is 0.310 e. The molecular formula is C16H17F3N2. The highest BCUT2D eigenvalue weighted by atomic mass is 19.2. The van der Waals surface area contributed by atoms with Crippen LogP contribution in [0.25, 0.3) is 0 Å². The molecule has 1 aromatic heterocycles. The fourth-order valence-corrected chi connectivity index (χ4v) is 2.28. The first-order chi connectivity index (χ1) is 10.1. The zero-order valence-corrected chi connectivity index (χ0v) is 11.7. The van der Waals surface area contributed by atoms with Crippen molar-refractivity contribution in [3.8, 4) is 0 Å². The number of hydrogen-bond donors (Lipinski definition) is 1. The first-order valence-corrected chi connectivity index (χ1v) is 6.89. The smallest absolute Gasteiger partial charge is 0.194 e. The van der Waals surface area contributed by atoms with Gasteiger partial charge in [0.05, 0.1) is 0 Å². The van der Waals surface area contributed by atoms with E-state index in [-0.39, 0.29) is 11.6 Å². The minimum Gasteiger partial charge on any atom is -0.310 e. The van der Waals surface area contributed by atoms with Crippen molar-refractivity contribution in [2.45, 2.75) is 25.8 Å². The Hall–Kier alpha value is -1.88. The van der Waals surface area contributed by atoms with Crippen molar-refractivity contribution in [2.24, 2.45) is 0 Å². The molecule has 0 spiro atoms. The molecule has 2 aromatic rings. The number of rotatable bonds is 6. The van der Waals surface area contributed by atoms with E-state index in [1.165, 1.54) is 6.07 Å². The third-order valence-corrected chi connectivity index (χ3v) is 3.34. The molecule has 0 saturated heterocycles. The summed E-state index contributed by atoms with van der Waals surface area (Å²) in [6, 6.07) is 5.64. The van der Waals surface area contributed by atoms with E-state index in [4.69, 9.17) is 0 Å². The van der Waals surface area contributed by atoms with Gasteiger partial charge in [-0.15, -0.1) is 0 Å². The number of hydrogen-bond acceptors (Lipinski definition) is 2. The van der Waals surface area contributed by atoms with Gasteiger partial charge in [-0.05, 0) is 37.1 Å². The van der Waals surface area contributed by atoms with Crippen molar-refractivity contribution in [3.05, 3.63) is 65.2 Å². The molecule has 21 heavy (non-hydrogen) atoms. The van der Waals surface area contributed by atoms with Crippen LogP contribution >= 0.6 is 0 Å². The average Bonchev–Trinajstić information content (AvgIpc) is 2.51. The highest BCUT2D eigenvalue weighted by molar-refractivity contribution is 5.24. The highest BCUT2D eigenvalue weighted by Gasteiger charge is 2.20. The summed E-state index contributed by atoms with van der Waals surface area (Å²) in [6.45, 7) is 2.49. The van der Waals surface area contributed by atoms with E-state index in [1.54, 1.807) is 12.4 Å². The van der Waals surface area contributed by atoms with Gasteiger partial charge in [-0.3, -0.25) is 4.98 Å². The molecule has 1 aromatic carbocycles. The molecule has 0 aliphatic heterocycles. The van der Waals surface area contributed by atoms with E-state index >= 15 is 0 Å². The summed E-state index contributed by atoms with van der Waals surface area (Å²) >= 11 is 0. The topological polar surface area (TPSA) is 24.9 Å². The molecular weight excluding hydrogens is 277 g/mol. The zero-order chi connectivity index (χ0) is 15.2. The van der Waals surface area contributed by atoms with E-state index in [9.17, 15) is 13.2 Å². The molecule has 0 saturated carbocycles. The maximum atomic E-state index is 13.9. The molecule has 0 aliphatic carbocycles.